The van der Waals surface area contributed by atoms with Crippen LogP contribution in [0.5, 0.6) is 5.75 Å². The number of anilines is 1. The van der Waals surface area contributed by atoms with Crippen LogP contribution in [0.3, 0.4) is 0 Å². The third-order valence-electron chi connectivity index (χ3n) is 5.03. The number of carboxylic acids is 1. The van der Waals surface area contributed by atoms with E-state index >= 15 is 0 Å². The van der Waals surface area contributed by atoms with Gasteiger partial charge in [-0.25, -0.2) is 4.79 Å². The second kappa shape index (κ2) is 10.4. The zero-order valence-electron chi connectivity index (χ0n) is 17.8. The fourth-order valence-corrected chi connectivity index (χ4v) is 4.12. The minimum absolute atomic E-state index is 0.0228. The Hall–Kier alpha value is -3.53. The van der Waals surface area contributed by atoms with E-state index in [1.807, 2.05) is 12.1 Å². The van der Waals surface area contributed by atoms with Crippen LogP contribution in [0.25, 0.3) is 6.08 Å². The van der Waals surface area contributed by atoms with Crippen molar-refractivity contribution in [3.63, 3.8) is 0 Å². The van der Waals surface area contributed by atoms with Crippen molar-refractivity contribution in [2.45, 2.75) is 6.61 Å². The molecule has 7 nitrogen and oxygen atoms in total. The number of rotatable bonds is 6. The van der Waals surface area contributed by atoms with Crippen LogP contribution in [0, 0.1) is 0 Å². The van der Waals surface area contributed by atoms with Gasteiger partial charge >= 0.3 is 5.97 Å². The lowest BCUT2D eigenvalue weighted by Gasteiger charge is -2.29. The normalized spacial score (nSPS) is 14.7. The molecule has 0 atom stereocenters. The maximum absolute atomic E-state index is 13.3. The number of ether oxygens (including phenoxy) is 1. The van der Waals surface area contributed by atoms with Crippen molar-refractivity contribution in [1.29, 1.82) is 0 Å². The van der Waals surface area contributed by atoms with E-state index in [-0.39, 0.29) is 28.5 Å². The Morgan fingerprint density at radius 2 is 1.86 bits per heavy atom. The van der Waals surface area contributed by atoms with Gasteiger partial charge in [0.05, 0.1) is 11.3 Å². The van der Waals surface area contributed by atoms with Crippen LogP contribution in [0.15, 0.2) is 76.8 Å². The standard InChI is InChI=1S/C25H16BrClN2O5S/c26-17-6-9-21(34-13-14-4-7-18(27)8-5-14)16(10-17)12-20-22(30)28-25(35)29(23(20)31)19-3-1-2-15(11-19)24(32)33/h1-12H,13H2,(H,32,33)(H,28,30,35). The van der Waals surface area contributed by atoms with Crippen LogP contribution >= 0.6 is 39.7 Å². The highest BCUT2D eigenvalue weighted by molar-refractivity contribution is 9.10. The van der Waals surface area contributed by atoms with Gasteiger partial charge in [0.2, 0.25) is 0 Å². The minimum Gasteiger partial charge on any atom is -0.488 e. The molecule has 0 bridgehead atoms. The average molecular weight is 572 g/mol. The second-order valence-corrected chi connectivity index (χ2v) is 9.15. The summed E-state index contributed by atoms with van der Waals surface area (Å²) in [5.41, 5.74) is 1.38. The van der Waals surface area contributed by atoms with Crippen molar-refractivity contribution in [2.24, 2.45) is 0 Å². The number of thiocarbonyl (C=S) groups is 1. The molecule has 1 aliphatic rings. The molecule has 0 saturated carbocycles. The van der Waals surface area contributed by atoms with Crippen molar-refractivity contribution in [3.8, 4) is 5.75 Å². The molecule has 4 rings (SSSR count). The predicted octanol–water partition coefficient (Wildman–Crippen LogP) is 5.21. The summed E-state index contributed by atoms with van der Waals surface area (Å²) in [7, 11) is 0. The number of carbonyl (C=O) groups excluding carboxylic acids is 2. The van der Waals surface area contributed by atoms with Crippen molar-refractivity contribution >= 4 is 74.4 Å². The molecule has 2 N–H and O–H groups in total. The van der Waals surface area contributed by atoms with E-state index in [9.17, 15) is 19.5 Å². The maximum Gasteiger partial charge on any atom is 0.335 e. The first kappa shape index (κ1) is 24.6. The number of nitrogens with one attached hydrogen (secondary N) is 1. The minimum atomic E-state index is -1.15. The number of carboxylic acid groups (broad SMARTS) is 1. The number of halogens is 2. The molecule has 2 amide bonds. The molecular weight excluding hydrogens is 556 g/mol. The average Bonchev–Trinajstić information content (AvgIpc) is 2.82. The molecule has 3 aromatic carbocycles. The molecular formula is C25H16BrClN2O5S. The molecule has 0 radical (unpaired) electrons. The Morgan fingerprint density at radius 1 is 1.11 bits per heavy atom. The second-order valence-electron chi connectivity index (χ2n) is 7.41. The molecule has 3 aromatic rings. The Kier molecular flexibility index (Phi) is 7.30. The predicted molar refractivity (Wildman–Crippen MR) is 140 cm³/mol. The summed E-state index contributed by atoms with van der Waals surface area (Å²) < 4.78 is 6.66. The van der Waals surface area contributed by atoms with Crippen LogP contribution in [0.4, 0.5) is 5.69 Å². The molecule has 0 unspecified atom stereocenters. The van der Waals surface area contributed by atoms with Crippen molar-refractivity contribution < 1.29 is 24.2 Å². The van der Waals surface area contributed by atoms with Crippen LogP contribution < -0.4 is 15.0 Å². The molecule has 10 heteroatoms. The van der Waals surface area contributed by atoms with Gasteiger partial charge in [0.15, 0.2) is 5.11 Å². The summed E-state index contributed by atoms with van der Waals surface area (Å²) in [6.45, 7) is 0.243. The molecule has 1 saturated heterocycles. The Balaban J connectivity index is 1.68. The van der Waals surface area contributed by atoms with Crippen LogP contribution in [0.1, 0.15) is 21.5 Å². The Morgan fingerprint density at radius 3 is 2.57 bits per heavy atom. The lowest BCUT2D eigenvalue weighted by atomic mass is 10.1. The fourth-order valence-electron chi connectivity index (χ4n) is 3.33. The first-order valence-corrected chi connectivity index (χ1v) is 11.7. The number of nitrogens with zero attached hydrogens (tertiary/aromatic N) is 1. The molecule has 1 heterocycles. The number of hydrogen-bond acceptors (Lipinski definition) is 5. The highest BCUT2D eigenvalue weighted by Gasteiger charge is 2.35. The summed E-state index contributed by atoms with van der Waals surface area (Å²) in [6.07, 6.45) is 1.41. The van der Waals surface area contributed by atoms with E-state index in [1.165, 1.54) is 30.3 Å². The molecule has 1 fully saturated rings. The van der Waals surface area contributed by atoms with Crippen LogP contribution in [-0.2, 0) is 16.2 Å². The topological polar surface area (TPSA) is 95.9 Å². The first-order chi connectivity index (χ1) is 16.7. The lowest BCUT2D eigenvalue weighted by molar-refractivity contribution is -0.122. The Labute approximate surface area is 219 Å². The third-order valence-corrected chi connectivity index (χ3v) is 6.06. The van der Waals surface area contributed by atoms with E-state index in [2.05, 4.69) is 21.2 Å². The molecule has 176 valence electrons. The number of carbonyl (C=O) groups is 3. The quantitative estimate of drug-likeness (QED) is 0.240. The zero-order chi connectivity index (χ0) is 25.1. The summed E-state index contributed by atoms with van der Waals surface area (Å²) >= 11 is 14.5. The summed E-state index contributed by atoms with van der Waals surface area (Å²) in [6, 6.07) is 18.1. The van der Waals surface area contributed by atoms with E-state index in [0.29, 0.717) is 20.8 Å². The van der Waals surface area contributed by atoms with Gasteiger partial charge < -0.3 is 9.84 Å². The Bertz CT molecular complexity index is 1390. The van der Waals surface area contributed by atoms with Crippen LogP contribution in [-0.4, -0.2) is 28.0 Å². The largest absolute Gasteiger partial charge is 0.488 e. The van der Waals surface area contributed by atoms with E-state index in [4.69, 9.17) is 28.6 Å². The monoisotopic (exact) mass is 570 g/mol. The van der Waals surface area contributed by atoms with Gasteiger partial charge in [0, 0.05) is 15.1 Å². The number of aromatic carboxylic acids is 1. The number of benzene rings is 3. The molecule has 0 spiro atoms. The van der Waals surface area contributed by atoms with Crippen molar-refractivity contribution in [1.82, 2.24) is 5.32 Å². The van der Waals surface area contributed by atoms with Gasteiger partial charge in [-0.2, -0.15) is 0 Å². The van der Waals surface area contributed by atoms with Crippen molar-refractivity contribution in [2.75, 3.05) is 4.90 Å². The maximum atomic E-state index is 13.3. The van der Waals surface area contributed by atoms with Gasteiger partial charge in [-0.15, -0.1) is 0 Å². The molecule has 0 aliphatic carbocycles. The SMILES string of the molecule is O=C1NC(=S)N(c2cccc(C(=O)O)c2)C(=O)C1=Cc1cc(Br)ccc1OCc1ccc(Cl)cc1. The fraction of sp³-hybridized carbons (Fsp3) is 0.0400. The number of hydrogen-bond donors (Lipinski definition) is 2. The zero-order valence-corrected chi connectivity index (χ0v) is 21.0. The molecule has 1 aliphatic heterocycles. The van der Waals surface area contributed by atoms with E-state index in [0.717, 1.165) is 10.5 Å². The van der Waals surface area contributed by atoms with Crippen molar-refractivity contribution in [3.05, 3.63) is 98.5 Å². The summed E-state index contributed by atoms with van der Waals surface area (Å²) in [4.78, 5) is 38.5. The first-order valence-electron chi connectivity index (χ1n) is 10.1. The smallest absolute Gasteiger partial charge is 0.335 e. The lowest BCUT2D eigenvalue weighted by Crippen LogP contribution is -2.54. The highest BCUT2D eigenvalue weighted by atomic mass is 79.9. The number of amides is 2. The summed E-state index contributed by atoms with van der Waals surface area (Å²) in [5, 5.41) is 12.2. The summed E-state index contributed by atoms with van der Waals surface area (Å²) in [5.74, 6) is -2.07. The van der Waals surface area contributed by atoms with Gasteiger partial charge in [0.25, 0.3) is 11.8 Å². The molecule has 0 aromatic heterocycles. The van der Waals surface area contributed by atoms with Gasteiger partial charge in [0.1, 0.15) is 17.9 Å². The van der Waals surface area contributed by atoms with E-state index < -0.39 is 17.8 Å². The van der Waals surface area contributed by atoms with E-state index in [1.54, 1.807) is 30.3 Å². The van der Waals surface area contributed by atoms with Gasteiger partial charge in [-0.05, 0) is 72.4 Å². The molecule has 35 heavy (non-hydrogen) atoms. The third kappa shape index (κ3) is 5.59. The highest BCUT2D eigenvalue weighted by Crippen LogP contribution is 2.29. The van der Waals surface area contributed by atoms with Gasteiger partial charge in [-0.1, -0.05) is 45.7 Å². The van der Waals surface area contributed by atoms with Gasteiger partial charge in [-0.3, -0.25) is 19.8 Å². The van der Waals surface area contributed by atoms with Crippen LogP contribution in [0.2, 0.25) is 5.02 Å².